The van der Waals surface area contributed by atoms with Crippen molar-refractivity contribution in [1.82, 2.24) is 0 Å². The van der Waals surface area contributed by atoms with Crippen LogP contribution in [0.4, 0.5) is 0 Å². The van der Waals surface area contributed by atoms with Crippen molar-refractivity contribution < 1.29 is 41.4 Å². The summed E-state index contributed by atoms with van der Waals surface area (Å²) in [6.07, 6.45) is 0. The molecule has 11 heavy (non-hydrogen) atoms. The van der Waals surface area contributed by atoms with Crippen LogP contribution in [0.5, 0.6) is 0 Å². The second kappa shape index (κ2) is 10.7. The minimum atomic E-state index is -4.64. The molecule has 0 bridgehead atoms. The van der Waals surface area contributed by atoms with Gasteiger partial charge in [0.25, 0.3) is 0 Å². The Morgan fingerprint density at radius 2 is 1.27 bits per heavy atom. The fraction of sp³-hybridized carbons (Fsp3) is 0.667. The third-order valence-electron chi connectivity index (χ3n) is 0. The zero-order chi connectivity index (χ0) is 10.1. The summed E-state index contributed by atoms with van der Waals surface area (Å²) >= 11 is 0.847. The van der Waals surface area contributed by atoms with Gasteiger partial charge in [-0.2, -0.15) is 0 Å². The molecule has 0 spiro atoms. The Hall–Kier alpha value is 0.693. The second-order valence-electron chi connectivity index (χ2n) is 1.42. The van der Waals surface area contributed by atoms with E-state index >= 15 is 0 Å². The molecule has 0 amide bonds. The molecule has 0 radical (unpaired) electrons. The maximum absolute atomic E-state index is 9.44. The average molecular weight is 257 g/mol. The van der Waals surface area contributed by atoms with Crippen LogP contribution in [-0.2, 0) is 26.7 Å². The van der Waals surface area contributed by atoms with Gasteiger partial charge in [-0.25, -0.2) is 4.57 Å². The third-order valence-corrected chi connectivity index (χ3v) is 0. The summed E-state index contributed by atoms with van der Waals surface area (Å²) in [5.74, 6) is 0.167. The standard InChI is InChI=1S/C3H6O.ClH.H3O4P.Zn/c1-3(2)4;;1-5(2,3)4;/h1-2H3;1H;(H3,1,2,3,4);/q;;;+1/p-1. The summed E-state index contributed by atoms with van der Waals surface area (Å²) in [7, 11) is 0.125. The van der Waals surface area contributed by atoms with Gasteiger partial charge in [0.15, 0.2) is 0 Å². The van der Waals surface area contributed by atoms with Crippen LogP contribution in [0.25, 0.3) is 0 Å². The molecule has 65 valence electrons. The number of hydrogen-bond acceptors (Lipinski definition) is 2. The summed E-state index contributed by atoms with van der Waals surface area (Å²) in [6.45, 7) is 3.06. The van der Waals surface area contributed by atoms with Crippen molar-refractivity contribution in [3.05, 3.63) is 0 Å². The van der Waals surface area contributed by atoms with Crippen LogP contribution in [0.2, 0.25) is 0 Å². The number of phosphoric acid groups is 1. The molecule has 0 saturated carbocycles. The van der Waals surface area contributed by atoms with Crippen molar-refractivity contribution in [1.29, 1.82) is 0 Å². The van der Waals surface area contributed by atoms with Crippen LogP contribution >= 0.6 is 17.5 Å². The number of halogens is 1. The molecule has 0 aromatic carbocycles. The number of carbonyl (C=O) groups is 1. The fourth-order valence-electron chi connectivity index (χ4n) is 0. The predicted molar refractivity (Wildman–Crippen MR) is 36.5 cm³/mol. The number of rotatable bonds is 0. The summed E-state index contributed by atoms with van der Waals surface area (Å²) < 4.78 is 8.88. The van der Waals surface area contributed by atoms with Gasteiger partial charge in [-0.05, 0) is 13.8 Å². The van der Waals surface area contributed by atoms with Gasteiger partial charge >= 0.3 is 34.8 Å². The normalized spacial score (nSPS) is 8.36. The molecule has 0 aromatic rings. The van der Waals surface area contributed by atoms with E-state index in [1.54, 1.807) is 0 Å². The van der Waals surface area contributed by atoms with Gasteiger partial charge in [0.05, 0.1) is 0 Å². The van der Waals surface area contributed by atoms with E-state index in [9.17, 15) is 4.79 Å². The molecule has 0 aliphatic carbocycles. The third kappa shape index (κ3) is 1680. The van der Waals surface area contributed by atoms with E-state index in [-0.39, 0.29) is 5.78 Å². The summed E-state index contributed by atoms with van der Waals surface area (Å²) in [5.41, 5.74) is 0. The molecule has 0 aliphatic heterocycles. The zero-order valence-electron chi connectivity index (χ0n) is 6.19. The van der Waals surface area contributed by atoms with Gasteiger partial charge in [0, 0.05) is 0 Å². The Morgan fingerprint density at radius 3 is 1.27 bits per heavy atom. The van der Waals surface area contributed by atoms with Gasteiger partial charge in [0.1, 0.15) is 5.78 Å². The average Bonchev–Trinajstić information content (AvgIpc) is 1.63. The van der Waals surface area contributed by atoms with E-state index in [4.69, 9.17) is 28.9 Å². The summed E-state index contributed by atoms with van der Waals surface area (Å²) in [6, 6.07) is 0. The number of carbonyl (C=O) groups excluding carboxylic acids is 1. The van der Waals surface area contributed by atoms with Crippen molar-refractivity contribution in [2.24, 2.45) is 0 Å². The summed E-state index contributed by atoms with van der Waals surface area (Å²) in [4.78, 5) is 31.0. The first-order chi connectivity index (χ1) is 4.73. The Labute approximate surface area is 78.7 Å². The minimum absolute atomic E-state index is 0.167. The van der Waals surface area contributed by atoms with E-state index in [1.807, 2.05) is 0 Å². The molecular weight excluding hydrogens is 248 g/mol. The van der Waals surface area contributed by atoms with Crippen molar-refractivity contribution in [2.45, 2.75) is 13.8 Å². The Morgan fingerprint density at radius 1 is 1.27 bits per heavy atom. The summed E-state index contributed by atoms with van der Waals surface area (Å²) in [5, 5.41) is 0. The molecule has 0 fully saturated rings. The first-order valence-electron chi connectivity index (χ1n) is 2.25. The molecule has 0 unspecified atom stereocenters. The van der Waals surface area contributed by atoms with Crippen molar-refractivity contribution in [3.8, 4) is 0 Å². The molecular formula is C3H9ClO5PZn. The Bertz CT molecular complexity index is 121. The van der Waals surface area contributed by atoms with Crippen molar-refractivity contribution in [3.63, 3.8) is 0 Å². The van der Waals surface area contributed by atoms with Gasteiger partial charge in [0.2, 0.25) is 0 Å². The molecule has 8 heteroatoms. The van der Waals surface area contributed by atoms with Crippen molar-refractivity contribution >= 4 is 23.3 Å². The first kappa shape index (κ1) is 17.7. The second-order valence-corrected chi connectivity index (χ2v) is 2.45. The fourth-order valence-corrected chi connectivity index (χ4v) is 0. The molecule has 0 heterocycles. The van der Waals surface area contributed by atoms with E-state index in [2.05, 4.69) is 0 Å². The Kier molecular flexibility index (Phi) is 17.2. The topological polar surface area (TPSA) is 94.8 Å². The number of ketones is 1. The van der Waals surface area contributed by atoms with E-state index in [1.165, 1.54) is 13.8 Å². The van der Waals surface area contributed by atoms with Crippen LogP contribution in [0.15, 0.2) is 0 Å². The van der Waals surface area contributed by atoms with Crippen LogP contribution in [0.3, 0.4) is 0 Å². The molecule has 0 rings (SSSR count). The predicted octanol–water partition coefficient (Wildman–Crippen LogP) is 0.354. The zero-order valence-corrected chi connectivity index (χ0v) is 10.8. The molecule has 5 nitrogen and oxygen atoms in total. The molecule has 3 N–H and O–H groups in total. The van der Waals surface area contributed by atoms with Crippen LogP contribution < -0.4 is 0 Å². The first-order valence-corrected chi connectivity index (χ1v) is 7.72. The maximum atomic E-state index is 9.44. The van der Waals surface area contributed by atoms with Gasteiger partial charge < -0.3 is 19.5 Å². The number of hydrogen-bond donors (Lipinski definition) is 3. The van der Waals surface area contributed by atoms with E-state index in [0.29, 0.717) is 0 Å². The van der Waals surface area contributed by atoms with E-state index in [0.717, 1.165) is 17.3 Å². The van der Waals surface area contributed by atoms with Crippen molar-refractivity contribution in [2.75, 3.05) is 0 Å². The Balaban J connectivity index is -0.0000000965. The monoisotopic (exact) mass is 255 g/mol. The van der Waals surface area contributed by atoms with E-state index < -0.39 is 7.82 Å². The van der Waals surface area contributed by atoms with Crippen LogP contribution in [-0.4, -0.2) is 20.5 Å². The molecule has 0 atom stereocenters. The molecule has 0 saturated heterocycles. The quantitative estimate of drug-likeness (QED) is 0.430. The number of Topliss-reactive ketones (excluding diaryl/α,β-unsaturated/α-hetero) is 1. The van der Waals surface area contributed by atoms with Gasteiger partial charge in [-0.1, -0.05) is 0 Å². The van der Waals surface area contributed by atoms with Gasteiger partial charge in [-0.3, -0.25) is 0 Å². The van der Waals surface area contributed by atoms with Gasteiger partial charge in [-0.15, -0.1) is 0 Å². The van der Waals surface area contributed by atoms with Crippen LogP contribution in [0, 0.1) is 0 Å². The molecule has 0 aliphatic rings. The molecule has 0 aromatic heterocycles. The van der Waals surface area contributed by atoms with Crippen LogP contribution in [0.1, 0.15) is 13.8 Å². The SMILES string of the molecule is CC(C)=O.O=P(O)(O)O.[Cl][Zn].